The van der Waals surface area contributed by atoms with Gasteiger partial charge in [0.05, 0.1) is 17.3 Å². The third kappa shape index (κ3) is 2.76. The number of benzene rings is 1. The molecule has 1 aliphatic carbocycles. The number of para-hydroxylation sites is 1. The molecule has 0 saturated heterocycles. The highest BCUT2D eigenvalue weighted by Gasteiger charge is 2.37. The van der Waals surface area contributed by atoms with Gasteiger partial charge in [-0.2, -0.15) is 5.10 Å². The van der Waals surface area contributed by atoms with E-state index in [1.807, 2.05) is 48.1 Å². The predicted octanol–water partition coefficient (Wildman–Crippen LogP) is 2.32. The van der Waals surface area contributed by atoms with Gasteiger partial charge in [0, 0.05) is 12.4 Å². The van der Waals surface area contributed by atoms with E-state index in [1.165, 1.54) is 0 Å². The summed E-state index contributed by atoms with van der Waals surface area (Å²) in [6, 6.07) is 9.72. The summed E-state index contributed by atoms with van der Waals surface area (Å²) in [7, 11) is 0. The second-order valence-corrected chi connectivity index (χ2v) is 6.07. The van der Waals surface area contributed by atoms with E-state index in [1.54, 1.807) is 6.20 Å². The molecular weight excluding hydrogens is 276 g/mol. The standard InChI is InChI=1S/C17H22N4O/c1-13(20-16(22)17(18)9-4-5-10-17)14-7-2-3-8-15(14)21-12-6-11-19-21/h2-3,6-8,11-13H,4-5,9-10,18H2,1H3,(H,20,22). The van der Waals surface area contributed by atoms with Crippen molar-refractivity contribution in [3.05, 3.63) is 48.3 Å². The van der Waals surface area contributed by atoms with Gasteiger partial charge in [-0.3, -0.25) is 4.79 Å². The van der Waals surface area contributed by atoms with Crippen molar-refractivity contribution in [3.63, 3.8) is 0 Å². The van der Waals surface area contributed by atoms with Gasteiger partial charge in [-0.05, 0) is 37.5 Å². The first-order chi connectivity index (χ1) is 10.6. The first-order valence-electron chi connectivity index (χ1n) is 7.79. The molecular formula is C17H22N4O. The van der Waals surface area contributed by atoms with Crippen molar-refractivity contribution in [2.75, 3.05) is 0 Å². The highest BCUT2D eigenvalue weighted by molar-refractivity contribution is 5.86. The number of nitrogens with zero attached hydrogens (tertiary/aromatic N) is 2. The van der Waals surface area contributed by atoms with Gasteiger partial charge in [0.15, 0.2) is 0 Å². The van der Waals surface area contributed by atoms with E-state index in [9.17, 15) is 4.79 Å². The lowest BCUT2D eigenvalue weighted by Crippen LogP contribution is -2.52. The van der Waals surface area contributed by atoms with Crippen LogP contribution < -0.4 is 11.1 Å². The lowest BCUT2D eigenvalue weighted by Gasteiger charge is -2.26. The number of nitrogens with two attached hydrogens (primary N) is 1. The molecule has 0 radical (unpaired) electrons. The van der Waals surface area contributed by atoms with Crippen LogP contribution in [0.4, 0.5) is 0 Å². The van der Waals surface area contributed by atoms with Crippen molar-refractivity contribution in [2.45, 2.75) is 44.2 Å². The van der Waals surface area contributed by atoms with Crippen LogP contribution in [0.3, 0.4) is 0 Å². The van der Waals surface area contributed by atoms with Crippen molar-refractivity contribution in [3.8, 4) is 5.69 Å². The Morgan fingerprint density at radius 3 is 2.73 bits per heavy atom. The molecule has 1 atom stereocenters. The first kappa shape index (κ1) is 14.8. The van der Waals surface area contributed by atoms with Crippen molar-refractivity contribution in [1.82, 2.24) is 15.1 Å². The highest BCUT2D eigenvalue weighted by Crippen LogP contribution is 2.29. The summed E-state index contributed by atoms with van der Waals surface area (Å²) in [6.45, 7) is 1.98. The zero-order valence-electron chi connectivity index (χ0n) is 12.8. The van der Waals surface area contributed by atoms with Crippen molar-refractivity contribution < 1.29 is 4.79 Å². The smallest absolute Gasteiger partial charge is 0.240 e. The van der Waals surface area contributed by atoms with Gasteiger partial charge in [0.2, 0.25) is 5.91 Å². The van der Waals surface area contributed by atoms with E-state index in [0.717, 1.165) is 36.9 Å². The average molecular weight is 298 g/mol. The second kappa shape index (κ2) is 5.93. The molecule has 1 amide bonds. The third-order valence-electron chi connectivity index (χ3n) is 4.45. The number of nitrogens with one attached hydrogen (secondary N) is 1. The Kier molecular flexibility index (Phi) is 3.98. The second-order valence-electron chi connectivity index (χ2n) is 6.07. The van der Waals surface area contributed by atoms with Gasteiger partial charge in [-0.15, -0.1) is 0 Å². The van der Waals surface area contributed by atoms with E-state index in [-0.39, 0.29) is 11.9 Å². The number of carbonyl (C=O) groups is 1. The maximum Gasteiger partial charge on any atom is 0.240 e. The quantitative estimate of drug-likeness (QED) is 0.910. The largest absolute Gasteiger partial charge is 0.348 e. The summed E-state index contributed by atoms with van der Waals surface area (Å²) in [4.78, 5) is 12.5. The lowest BCUT2D eigenvalue weighted by atomic mass is 9.96. The Morgan fingerprint density at radius 1 is 1.32 bits per heavy atom. The van der Waals surface area contributed by atoms with Crippen LogP contribution in [0, 0.1) is 0 Å². The number of hydrogen-bond acceptors (Lipinski definition) is 3. The normalized spacial score (nSPS) is 18.1. The first-order valence-corrected chi connectivity index (χ1v) is 7.79. The molecule has 22 heavy (non-hydrogen) atoms. The molecule has 1 saturated carbocycles. The molecule has 116 valence electrons. The Bertz CT molecular complexity index is 644. The molecule has 2 aromatic rings. The number of amides is 1. The van der Waals surface area contributed by atoms with Crippen LogP contribution in [0.5, 0.6) is 0 Å². The monoisotopic (exact) mass is 298 g/mol. The van der Waals surface area contributed by atoms with Crippen LogP contribution in [0.2, 0.25) is 0 Å². The molecule has 1 fully saturated rings. The fourth-order valence-corrected chi connectivity index (χ4v) is 3.12. The summed E-state index contributed by atoms with van der Waals surface area (Å²) in [5.74, 6) is -0.0484. The van der Waals surface area contributed by atoms with Crippen molar-refractivity contribution in [2.24, 2.45) is 5.73 Å². The van der Waals surface area contributed by atoms with Gasteiger partial charge in [0.1, 0.15) is 0 Å². The highest BCUT2D eigenvalue weighted by atomic mass is 16.2. The topological polar surface area (TPSA) is 72.9 Å². The Hall–Kier alpha value is -2.14. The molecule has 1 heterocycles. The van der Waals surface area contributed by atoms with Crippen LogP contribution in [-0.4, -0.2) is 21.2 Å². The Labute approximate surface area is 130 Å². The summed E-state index contributed by atoms with van der Waals surface area (Å²) in [6.07, 6.45) is 7.24. The maximum absolute atomic E-state index is 12.5. The fraction of sp³-hybridized carbons (Fsp3) is 0.412. The van der Waals surface area contributed by atoms with E-state index in [2.05, 4.69) is 10.4 Å². The minimum Gasteiger partial charge on any atom is -0.348 e. The number of carbonyl (C=O) groups excluding carboxylic acids is 1. The van der Waals surface area contributed by atoms with E-state index >= 15 is 0 Å². The van der Waals surface area contributed by atoms with Crippen molar-refractivity contribution in [1.29, 1.82) is 0 Å². The maximum atomic E-state index is 12.5. The fourth-order valence-electron chi connectivity index (χ4n) is 3.12. The van der Waals surface area contributed by atoms with Gasteiger partial charge in [-0.25, -0.2) is 4.68 Å². The summed E-state index contributed by atoms with van der Waals surface area (Å²) >= 11 is 0. The summed E-state index contributed by atoms with van der Waals surface area (Å²) in [5, 5.41) is 7.35. The van der Waals surface area contributed by atoms with Crippen LogP contribution in [0.25, 0.3) is 5.69 Å². The van der Waals surface area contributed by atoms with Gasteiger partial charge in [-0.1, -0.05) is 31.0 Å². The number of hydrogen-bond donors (Lipinski definition) is 2. The van der Waals surface area contributed by atoms with Crippen LogP contribution >= 0.6 is 0 Å². The molecule has 1 unspecified atom stereocenters. The average Bonchev–Trinajstić information content (AvgIpc) is 3.19. The van der Waals surface area contributed by atoms with Crippen LogP contribution in [0.1, 0.15) is 44.2 Å². The molecule has 1 aromatic carbocycles. The molecule has 3 rings (SSSR count). The van der Waals surface area contributed by atoms with E-state index in [4.69, 9.17) is 5.73 Å². The molecule has 5 heteroatoms. The van der Waals surface area contributed by atoms with Gasteiger partial charge in [0.25, 0.3) is 0 Å². The third-order valence-corrected chi connectivity index (χ3v) is 4.45. The molecule has 1 aliphatic rings. The minimum absolute atomic E-state index is 0.0484. The molecule has 5 nitrogen and oxygen atoms in total. The molecule has 1 aromatic heterocycles. The van der Waals surface area contributed by atoms with Crippen molar-refractivity contribution >= 4 is 5.91 Å². The molecule has 3 N–H and O–H groups in total. The minimum atomic E-state index is -0.700. The van der Waals surface area contributed by atoms with Gasteiger partial charge < -0.3 is 11.1 Å². The van der Waals surface area contributed by atoms with Crippen LogP contribution in [0.15, 0.2) is 42.7 Å². The number of aromatic nitrogens is 2. The van der Waals surface area contributed by atoms with Crippen LogP contribution in [-0.2, 0) is 4.79 Å². The van der Waals surface area contributed by atoms with E-state index < -0.39 is 5.54 Å². The molecule has 0 bridgehead atoms. The Morgan fingerprint density at radius 2 is 2.05 bits per heavy atom. The number of rotatable bonds is 4. The lowest BCUT2D eigenvalue weighted by molar-refractivity contribution is -0.126. The zero-order chi connectivity index (χ0) is 15.6. The predicted molar refractivity (Wildman–Crippen MR) is 85.5 cm³/mol. The molecule has 0 aliphatic heterocycles. The summed E-state index contributed by atoms with van der Waals surface area (Å²) in [5.41, 5.74) is 7.53. The Balaban J connectivity index is 1.81. The van der Waals surface area contributed by atoms with E-state index in [0.29, 0.717) is 0 Å². The summed E-state index contributed by atoms with van der Waals surface area (Å²) < 4.78 is 1.81. The SMILES string of the molecule is CC(NC(=O)C1(N)CCCC1)c1ccccc1-n1cccn1. The zero-order valence-corrected chi connectivity index (χ0v) is 12.8. The molecule has 0 spiro atoms. The van der Waals surface area contributed by atoms with Gasteiger partial charge >= 0.3 is 0 Å².